The van der Waals surface area contributed by atoms with Crippen LogP contribution in [0, 0.1) is 11.8 Å². The average Bonchev–Trinajstić information content (AvgIpc) is 3.06. The number of hydrogen-bond donors (Lipinski definition) is 3. The molecule has 8 heteroatoms. The van der Waals surface area contributed by atoms with Gasteiger partial charge in [0.1, 0.15) is 11.5 Å². The summed E-state index contributed by atoms with van der Waals surface area (Å²) in [6, 6.07) is 8.66. The van der Waals surface area contributed by atoms with Crippen LogP contribution in [0.1, 0.15) is 25.5 Å². The molecule has 0 radical (unpaired) electrons. The average molecular weight is 415 g/mol. The van der Waals surface area contributed by atoms with Crippen LogP contribution in [0.5, 0.6) is 0 Å². The zero-order valence-electron chi connectivity index (χ0n) is 15.6. The van der Waals surface area contributed by atoms with Crippen molar-refractivity contribution in [2.75, 3.05) is 5.32 Å². The summed E-state index contributed by atoms with van der Waals surface area (Å²) < 4.78 is 28.0. The maximum Gasteiger partial charge on any atom is 0.256 e. The van der Waals surface area contributed by atoms with Crippen molar-refractivity contribution in [3.63, 3.8) is 0 Å². The van der Waals surface area contributed by atoms with Crippen LogP contribution in [0.4, 0.5) is 20.2 Å². The number of aromatic nitrogens is 3. The first kappa shape index (κ1) is 19.1. The van der Waals surface area contributed by atoms with Crippen LogP contribution >= 0.6 is 11.6 Å². The van der Waals surface area contributed by atoms with E-state index in [-0.39, 0.29) is 17.0 Å². The number of aromatic amines is 2. The van der Waals surface area contributed by atoms with E-state index in [1.807, 2.05) is 13.8 Å². The van der Waals surface area contributed by atoms with Gasteiger partial charge < -0.3 is 15.3 Å². The second-order valence-corrected chi connectivity index (χ2v) is 7.42. The van der Waals surface area contributed by atoms with Crippen molar-refractivity contribution in [2.45, 2.75) is 19.8 Å². The highest BCUT2D eigenvalue weighted by Crippen LogP contribution is 2.32. The van der Waals surface area contributed by atoms with Crippen molar-refractivity contribution in [2.24, 2.45) is 0 Å². The van der Waals surface area contributed by atoms with E-state index in [1.54, 1.807) is 18.3 Å². The van der Waals surface area contributed by atoms with E-state index in [9.17, 15) is 13.6 Å². The maximum atomic E-state index is 14.4. The van der Waals surface area contributed by atoms with Crippen LogP contribution in [-0.2, 0) is 0 Å². The molecule has 1 aromatic carbocycles. The Labute approximate surface area is 169 Å². The predicted octanol–water partition coefficient (Wildman–Crippen LogP) is 5.72. The molecular formula is C21H17ClF2N4O. The molecular weight excluding hydrogens is 398 g/mol. The second-order valence-electron chi connectivity index (χ2n) is 6.98. The number of pyridine rings is 2. The molecule has 0 saturated heterocycles. The van der Waals surface area contributed by atoms with Gasteiger partial charge in [0.2, 0.25) is 0 Å². The SMILES string of the molecule is CC(C)c1[nH]c(=O)c(-c2cc(Cl)ccc2F)cc1Nc1ccnc2[nH]c(F)cc12. The van der Waals surface area contributed by atoms with Gasteiger partial charge in [0.25, 0.3) is 5.56 Å². The first-order valence-electron chi connectivity index (χ1n) is 8.96. The lowest BCUT2D eigenvalue weighted by atomic mass is 10.0. The molecule has 0 aliphatic carbocycles. The summed E-state index contributed by atoms with van der Waals surface area (Å²) in [7, 11) is 0. The molecule has 0 aliphatic heterocycles. The Balaban J connectivity index is 1.89. The lowest BCUT2D eigenvalue weighted by Gasteiger charge is -2.17. The molecule has 3 N–H and O–H groups in total. The van der Waals surface area contributed by atoms with E-state index in [4.69, 9.17) is 11.6 Å². The number of rotatable bonds is 4. The van der Waals surface area contributed by atoms with Crippen LogP contribution in [-0.4, -0.2) is 15.0 Å². The molecule has 0 fully saturated rings. The lowest BCUT2D eigenvalue weighted by molar-refractivity contribution is 0.594. The minimum absolute atomic E-state index is 0.0243. The monoisotopic (exact) mass is 414 g/mol. The summed E-state index contributed by atoms with van der Waals surface area (Å²) in [5.74, 6) is -1.08. The fraction of sp³-hybridized carbons (Fsp3) is 0.143. The molecule has 0 spiro atoms. The fourth-order valence-corrected chi connectivity index (χ4v) is 3.43. The molecule has 0 saturated carbocycles. The van der Waals surface area contributed by atoms with Gasteiger partial charge in [-0.1, -0.05) is 25.4 Å². The van der Waals surface area contributed by atoms with Crippen molar-refractivity contribution >= 4 is 34.0 Å². The normalized spacial score (nSPS) is 11.4. The third-order valence-electron chi connectivity index (χ3n) is 4.64. The largest absolute Gasteiger partial charge is 0.353 e. The second kappa shape index (κ2) is 7.33. The molecule has 0 bridgehead atoms. The van der Waals surface area contributed by atoms with Crippen molar-refractivity contribution < 1.29 is 8.78 Å². The summed E-state index contributed by atoms with van der Waals surface area (Å²) in [5.41, 5.74) is 2.02. The van der Waals surface area contributed by atoms with Gasteiger partial charge in [0, 0.05) is 33.9 Å². The van der Waals surface area contributed by atoms with Crippen LogP contribution in [0.25, 0.3) is 22.2 Å². The molecule has 3 heterocycles. The highest BCUT2D eigenvalue weighted by Gasteiger charge is 2.17. The van der Waals surface area contributed by atoms with E-state index >= 15 is 0 Å². The van der Waals surface area contributed by atoms with Crippen molar-refractivity contribution in [1.82, 2.24) is 15.0 Å². The maximum absolute atomic E-state index is 14.4. The number of hydrogen-bond acceptors (Lipinski definition) is 3. The van der Waals surface area contributed by atoms with E-state index in [2.05, 4.69) is 20.3 Å². The van der Waals surface area contributed by atoms with Gasteiger partial charge in [0.15, 0.2) is 5.95 Å². The third kappa shape index (κ3) is 3.61. The zero-order chi connectivity index (χ0) is 20.7. The van der Waals surface area contributed by atoms with E-state index < -0.39 is 17.3 Å². The van der Waals surface area contributed by atoms with Gasteiger partial charge >= 0.3 is 0 Å². The highest BCUT2D eigenvalue weighted by molar-refractivity contribution is 6.30. The molecule has 0 amide bonds. The summed E-state index contributed by atoms with van der Waals surface area (Å²) in [4.78, 5) is 22.2. The summed E-state index contributed by atoms with van der Waals surface area (Å²) in [6.07, 6.45) is 1.54. The van der Waals surface area contributed by atoms with E-state index in [1.165, 1.54) is 24.3 Å². The number of fused-ring (bicyclic) bond motifs is 1. The molecule has 4 rings (SSSR count). The highest BCUT2D eigenvalue weighted by atomic mass is 35.5. The van der Waals surface area contributed by atoms with Gasteiger partial charge in [-0.3, -0.25) is 4.79 Å². The van der Waals surface area contributed by atoms with Gasteiger partial charge in [-0.25, -0.2) is 9.37 Å². The van der Waals surface area contributed by atoms with Gasteiger partial charge in [0.05, 0.1) is 16.9 Å². The number of nitrogens with zero attached hydrogens (tertiary/aromatic N) is 1. The fourth-order valence-electron chi connectivity index (χ4n) is 3.26. The number of H-pyrrole nitrogens is 2. The van der Waals surface area contributed by atoms with Crippen LogP contribution in [0.2, 0.25) is 5.02 Å². The van der Waals surface area contributed by atoms with Crippen molar-refractivity contribution in [1.29, 1.82) is 0 Å². The Hall–Kier alpha value is -3.19. The molecule has 0 aliphatic rings. The molecule has 0 unspecified atom stereocenters. The summed E-state index contributed by atoms with van der Waals surface area (Å²) >= 11 is 6.00. The number of halogens is 3. The Morgan fingerprint density at radius 1 is 1.03 bits per heavy atom. The first-order valence-corrected chi connectivity index (χ1v) is 9.34. The molecule has 3 aromatic heterocycles. The van der Waals surface area contributed by atoms with Crippen molar-refractivity contribution in [3.05, 3.63) is 75.4 Å². The smallest absolute Gasteiger partial charge is 0.256 e. The quantitative estimate of drug-likeness (QED) is 0.400. The first-order chi connectivity index (χ1) is 13.8. The molecule has 4 aromatic rings. The minimum atomic E-state index is -0.554. The Morgan fingerprint density at radius 2 is 1.83 bits per heavy atom. The van der Waals surface area contributed by atoms with E-state index in [0.29, 0.717) is 33.1 Å². The minimum Gasteiger partial charge on any atom is -0.353 e. The Bertz CT molecular complexity index is 1280. The molecule has 148 valence electrons. The summed E-state index contributed by atoms with van der Waals surface area (Å²) in [5, 5.41) is 4.11. The lowest BCUT2D eigenvalue weighted by Crippen LogP contribution is -2.15. The number of benzene rings is 1. The third-order valence-corrected chi connectivity index (χ3v) is 4.87. The number of anilines is 2. The van der Waals surface area contributed by atoms with Crippen LogP contribution < -0.4 is 10.9 Å². The van der Waals surface area contributed by atoms with Gasteiger partial charge in [-0.05, 0) is 36.2 Å². The van der Waals surface area contributed by atoms with Crippen LogP contribution in [0.15, 0.2) is 47.4 Å². The molecule has 5 nitrogen and oxygen atoms in total. The Kier molecular flexibility index (Phi) is 4.84. The summed E-state index contributed by atoms with van der Waals surface area (Å²) in [6.45, 7) is 3.85. The van der Waals surface area contributed by atoms with E-state index in [0.717, 1.165) is 0 Å². The topological polar surface area (TPSA) is 73.6 Å². The standard InChI is InChI=1S/C21H17ClF2N4O/c1-10(2)19-17(26-16-5-6-25-20-14(16)9-18(24)27-20)8-13(21(29)28-19)12-7-11(22)3-4-15(12)23/h3-10H,1-2H3,(H,28,29)(H2,25,26,27). The van der Waals surface area contributed by atoms with Gasteiger partial charge in [-0.15, -0.1) is 0 Å². The number of nitrogens with one attached hydrogen (secondary N) is 3. The van der Waals surface area contributed by atoms with Crippen LogP contribution in [0.3, 0.4) is 0 Å². The van der Waals surface area contributed by atoms with Gasteiger partial charge in [-0.2, -0.15) is 4.39 Å². The Morgan fingerprint density at radius 3 is 2.59 bits per heavy atom. The predicted molar refractivity (Wildman–Crippen MR) is 111 cm³/mol. The molecule has 29 heavy (non-hydrogen) atoms. The van der Waals surface area contributed by atoms with Crippen molar-refractivity contribution in [3.8, 4) is 11.1 Å². The zero-order valence-corrected chi connectivity index (χ0v) is 16.4. The molecule has 0 atom stereocenters.